The standard InChI is InChI=1S/C24H24N2O/c1-2-26-23-11-7-6-10-21(23)22-15-19(12-13-24(22)26)16-25-20(17-27)14-18-8-4-3-5-9-18/h3-13,15-16,20,27H,2,14,17H2,1H3. The van der Waals surface area contributed by atoms with Crippen LogP contribution in [0, 0.1) is 0 Å². The summed E-state index contributed by atoms with van der Waals surface area (Å²) in [5.41, 5.74) is 4.77. The molecule has 136 valence electrons. The third-order valence-corrected chi connectivity index (χ3v) is 5.07. The summed E-state index contributed by atoms with van der Waals surface area (Å²) in [6.07, 6.45) is 2.63. The Kier molecular flexibility index (Phi) is 5.03. The first kappa shape index (κ1) is 17.5. The second-order valence-electron chi connectivity index (χ2n) is 6.84. The fourth-order valence-corrected chi connectivity index (χ4v) is 3.73. The van der Waals surface area contributed by atoms with Gasteiger partial charge in [0.25, 0.3) is 0 Å². The fourth-order valence-electron chi connectivity index (χ4n) is 3.73. The van der Waals surface area contributed by atoms with Gasteiger partial charge in [-0.05, 0) is 42.7 Å². The van der Waals surface area contributed by atoms with E-state index in [2.05, 4.69) is 71.1 Å². The summed E-state index contributed by atoms with van der Waals surface area (Å²) < 4.78 is 2.34. The Labute approximate surface area is 159 Å². The number of aliphatic hydroxyl groups is 1. The van der Waals surface area contributed by atoms with Gasteiger partial charge < -0.3 is 9.67 Å². The van der Waals surface area contributed by atoms with Crippen LogP contribution in [0.3, 0.4) is 0 Å². The topological polar surface area (TPSA) is 37.5 Å². The molecule has 1 aromatic heterocycles. The van der Waals surface area contributed by atoms with Gasteiger partial charge >= 0.3 is 0 Å². The lowest BCUT2D eigenvalue weighted by Gasteiger charge is -2.09. The van der Waals surface area contributed by atoms with E-state index in [1.165, 1.54) is 27.4 Å². The molecule has 0 amide bonds. The number of hydrogen-bond donors (Lipinski definition) is 1. The first-order valence-electron chi connectivity index (χ1n) is 9.49. The van der Waals surface area contributed by atoms with E-state index in [1.807, 2.05) is 24.4 Å². The van der Waals surface area contributed by atoms with E-state index in [0.29, 0.717) is 0 Å². The maximum atomic E-state index is 9.70. The molecule has 3 nitrogen and oxygen atoms in total. The summed E-state index contributed by atoms with van der Waals surface area (Å²) in [6.45, 7) is 3.17. The van der Waals surface area contributed by atoms with Crippen molar-refractivity contribution in [1.82, 2.24) is 4.57 Å². The lowest BCUT2D eigenvalue weighted by atomic mass is 10.1. The first-order valence-corrected chi connectivity index (χ1v) is 9.49. The van der Waals surface area contributed by atoms with Crippen LogP contribution < -0.4 is 0 Å². The van der Waals surface area contributed by atoms with E-state index in [1.54, 1.807) is 0 Å². The summed E-state index contributed by atoms with van der Waals surface area (Å²) >= 11 is 0. The average Bonchev–Trinajstić information content (AvgIpc) is 3.05. The van der Waals surface area contributed by atoms with Crippen molar-refractivity contribution in [2.24, 2.45) is 4.99 Å². The quantitative estimate of drug-likeness (QED) is 0.493. The molecule has 1 heterocycles. The van der Waals surface area contributed by atoms with Crippen LogP contribution in [0.15, 0.2) is 77.8 Å². The van der Waals surface area contributed by atoms with Crippen molar-refractivity contribution in [3.8, 4) is 0 Å². The first-order chi connectivity index (χ1) is 13.3. The molecule has 1 unspecified atom stereocenters. The number of aryl methyl sites for hydroxylation is 1. The van der Waals surface area contributed by atoms with Crippen molar-refractivity contribution >= 4 is 28.0 Å². The third kappa shape index (κ3) is 3.51. The molecule has 0 fully saturated rings. The highest BCUT2D eigenvalue weighted by molar-refractivity contribution is 6.09. The highest BCUT2D eigenvalue weighted by Gasteiger charge is 2.10. The summed E-state index contributed by atoms with van der Waals surface area (Å²) in [4.78, 5) is 4.64. The van der Waals surface area contributed by atoms with Crippen molar-refractivity contribution in [3.05, 3.63) is 83.9 Å². The minimum Gasteiger partial charge on any atom is -0.394 e. The van der Waals surface area contributed by atoms with Crippen LogP contribution in [-0.4, -0.2) is 28.5 Å². The Morgan fingerprint density at radius 2 is 1.67 bits per heavy atom. The highest BCUT2D eigenvalue weighted by atomic mass is 16.3. The molecular weight excluding hydrogens is 332 g/mol. The number of benzene rings is 3. The molecule has 3 heteroatoms. The lowest BCUT2D eigenvalue weighted by molar-refractivity contribution is 0.266. The minimum absolute atomic E-state index is 0.0444. The van der Waals surface area contributed by atoms with Gasteiger partial charge in [-0.3, -0.25) is 4.99 Å². The molecule has 0 aliphatic heterocycles. The fraction of sp³-hybridized carbons (Fsp3) is 0.208. The summed E-state index contributed by atoms with van der Waals surface area (Å²) in [5, 5.41) is 12.2. The van der Waals surface area contributed by atoms with Crippen LogP contribution in [0.1, 0.15) is 18.1 Å². The molecule has 4 aromatic rings. The third-order valence-electron chi connectivity index (χ3n) is 5.07. The molecule has 4 rings (SSSR count). The normalized spacial score (nSPS) is 13.0. The maximum absolute atomic E-state index is 9.70. The number of aliphatic hydroxyl groups excluding tert-OH is 1. The Hall–Kier alpha value is -2.91. The van der Waals surface area contributed by atoms with Gasteiger partial charge in [-0.15, -0.1) is 0 Å². The van der Waals surface area contributed by atoms with Crippen molar-refractivity contribution in [2.75, 3.05) is 6.61 Å². The second-order valence-corrected chi connectivity index (χ2v) is 6.84. The van der Waals surface area contributed by atoms with E-state index < -0.39 is 0 Å². The van der Waals surface area contributed by atoms with Gasteiger partial charge in [0.1, 0.15) is 0 Å². The van der Waals surface area contributed by atoms with E-state index in [0.717, 1.165) is 18.5 Å². The zero-order valence-electron chi connectivity index (χ0n) is 15.5. The van der Waals surface area contributed by atoms with Gasteiger partial charge in [-0.1, -0.05) is 54.6 Å². The number of fused-ring (bicyclic) bond motifs is 3. The number of nitrogens with zero attached hydrogens (tertiary/aromatic N) is 2. The Morgan fingerprint density at radius 1 is 0.926 bits per heavy atom. The number of aliphatic imine (C=N–C) groups is 1. The van der Waals surface area contributed by atoms with Crippen LogP contribution in [0.2, 0.25) is 0 Å². The van der Waals surface area contributed by atoms with Crippen LogP contribution >= 0.6 is 0 Å². The smallest absolute Gasteiger partial charge is 0.0770 e. The lowest BCUT2D eigenvalue weighted by Crippen LogP contribution is -2.14. The van der Waals surface area contributed by atoms with E-state index in [-0.39, 0.29) is 12.6 Å². The summed E-state index contributed by atoms with van der Waals surface area (Å²) in [6, 6.07) is 25.1. The molecule has 0 aliphatic carbocycles. The number of hydrogen-bond acceptors (Lipinski definition) is 2. The van der Waals surface area contributed by atoms with Gasteiger partial charge in [0.15, 0.2) is 0 Å². The Morgan fingerprint density at radius 3 is 2.44 bits per heavy atom. The summed E-state index contributed by atoms with van der Waals surface area (Å²) in [5.74, 6) is 0. The van der Waals surface area contributed by atoms with Crippen molar-refractivity contribution in [2.45, 2.75) is 25.9 Å². The molecule has 0 bridgehead atoms. The zero-order valence-corrected chi connectivity index (χ0v) is 15.5. The largest absolute Gasteiger partial charge is 0.394 e. The summed E-state index contributed by atoms with van der Waals surface area (Å²) in [7, 11) is 0. The number of aromatic nitrogens is 1. The molecule has 0 spiro atoms. The van der Waals surface area contributed by atoms with Gasteiger partial charge in [-0.2, -0.15) is 0 Å². The average molecular weight is 356 g/mol. The van der Waals surface area contributed by atoms with Gasteiger partial charge in [-0.25, -0.2) is 0 Å². The molecule has 0 aliphatic rings. The number of para-hydroxylation sites is 1. The van der Waals surface area contributed by atoms with E-state index in [4.69, 9.17) is 0 Å². The monoisotopic (exact) mass is 356 g/mol. The molecule has 0 radical (unpaired) electrons. The van der Waals surface area contributed by atoms with Crippen LogP contribution in [0.4, 0.5) is 0 Å². The molecule has 0 saturated carbocycles. The predicted molar refractivity (Wildman–Crippen MR) is 114 cm³/mol. The van der Waals surface area contributed by atoms with Crippen molar-refractivity contribution in [3.63, 3.8) is 0 Å². The van der Waals surface area contributed by atoms with Gasteiger partial charge in [0.05, 0.1) is 12.6 Å². The highest BCUT2D eigenvalue weighted by Crippen LogP contribution is 2.29. The minimum atomic E-state index is -0.125. The van der Waals surface area contributed by atoms with Crippen LogP contribution in [0.5, 0.6) is 0 Å². The van der Waals surface area contributed by atoms with Crippen molar-refractivity contribution < 1.29 is 5.11 Å². The van der Waals surface area contributed by atoms with Crippen LogP contribution in [-0.2, 0) is 13.0 Å². The molecule has 3 aromatic carbocycles. The van der Waals surface area contributed by atoms with Gasteiger partial charge in [0, 0.05) is 34.6 Å². The second kappa shape index (κ2) is 7.77. The maximum Gasteiger partial charge on any atom is 0.0770 e. The molecule has 0 saturated heterocycles. The zero-order chi connectivity index (χ0) is 18.6. The van der Waals surface area contributed by atoms with E-state index >= 15 is 0 Å². The SMILES string of the molecule is CCn1c2ccccc2c2cc(C=NC(CO)Cc3ccccc3)ccc21. The Balaban J connectivity index is 1.65. The molecular formula is C24H24N2O. The van der Waals surface area contributed by atoms with Gasteiger partial charge in [0.2, 0.25) is 0 Å². The molecule has 1 N–H and O–H groups in total. The Bertz CT molecular complexity index is 1080. The van der Waals surface area contributed by atoms with E-state index in [9.17, 15) is 5.11 Å². The molecule has 1 atom stereocenters. The van der Waals surface area contributed by atoms with Crippen molar-refractivity contribution in [1.29, 1.82) is 0 Å². The molecule has 27 heavy (non-hydrogen) atoms. The number of rotatable bonds is 6. The van der Waals surface area contributed by atoms with Crippen LogP contribution in [0.25, 0.3) is 21.8 Å². The predicted octanol–water partition coefficient (Wildman–Crippen LogP) is 4.84.